The fourth-order valence-corrected chi connectivity index (χ4v) is 9.00. The molecule has 8 nitrogen and oxygen atoms in total. The van der Waals surface area contributed by atoms with Crippen LogP contribution in [-0.2, 0) is 19.2 Å². The van der Waals surface area contributed by atoms with Gasteiger partial charge in [-0.3, -0.25) is 24.1 Å². The van der Waals surface area contributed by atoms with Crippen molar-refractivity contribution in [1.82, 2.24) is 0 Å². The highest BCUT2D eigenvalue weighted by Gasteiger charge is 2.67. The zero-order valence-corrected chi connectivity index (χ0v) is 28.3. The predicted octanol–water partition coefficient (Wildman–Crippen LogP) is 6.88. The molecule has 3 aromatic carbocycles. The van der Waals surface area contributed by atoms with Gasteiger partial charge in [0, 0.05) is 5.92 Å². The van der Waals surface area contributed by atoms with Crippen molar-refractivity contribution >= 4 is 75.3 Å². The number of fused-ring (bicyclic) bond motifs is 4. The number of aromatic hydroxyl groups is 1. The van der Waals surface area contributed by atoms with Crippen molar-refractivity contribution in [1.29, 1.82) is 0 Å². The summed E-state index contributed by atoms with van der Waals surface area (Å²) in [6.07, 6.45) is 4.07. The SMILES string of the molecule is C=Cc1ccc(N2C(=O)C3CC=C4C(CC5C(=O)N(c6ccc(F)c(Cl)c6)C(=O)C5(C)C4c4cc(I)c(O)c(OC)c4)C3C2=O)cc1. The molecule has 2 heterocycles. The summed E-state index contributed by atoms with van der Waals surface area (Å²) < 4.78 is 20.1. The molecule has 4 aliphatic rings. The Hall–Kier alpha value is -4.03. The van der Waals surface area contributed by atoms with E-state index in [2.05, 4.69) is 6.58 Å². The summed E-state index contributed by atoms with van der Waals surface area (Å²) in [5.41, 5.74) is 1.54. The number of halogens is 3. The average Bonchev–Trinajstić information content (AvgIpc) is 3.43. The van der Waals surface area contributed by atoms with Gasteiger partial charge in [-0.1, -0.05) is 48.0 Å². The van der Waals surface area contributed by atoms with Crippen LogP contribution in [0.4, 0.5) is 15.8 Å². The lowest BCUT2D eigenvalue weighted by Gasteiger charge is -2.49. The molecule has 7 rings (SSSR count). The van der Waals surface area contributed by atoms with Crippen LogP contribution in [0.2, 0.25) is 5.02 Å². The van der Waals surface area contributed by atoms with E-state index in [0.717, 1.165) is 22.1 Å². The minimum atomic E-state index is -1.33. The van der Waals surface area contributed by atoms with E-state index >= 15 is 0 Å². The molecule has 47 heavy (non-hydrogen) atoms. The summed E-state index contributed by atoms with van der Waals surface area (Å²) in [6, 6.07) is 14.1. The quantitative estimate of drug-likeness (QED) is 0.173. The number of rotatable bonds is 5. The number of imide groups is 2. The maximum atomic E-state index is 14.6. The van der Waals surface area contributed by atoms with Gasteiger partial charge in [0.25, 0.3) is 0 Å². The highest BCUT2D eigenvalue weighted by Crippen LogP contribution is 2.64. The minimum absolute atomic E-state index is 0.0605. The van der Waals surface area contributed by atoms with E-state index in [9.17, 15) is 28.7 Å². The number of nitrogens with zero attached hydrogens (tertiary/aromatic N) is 2. The second-order valence-corrected chi connectivity index (χ2v) is 14.2. The van der Waals surface area contributed by atoms with Gasteiger partial charge in [0.15, 0.2) is 11.5 Å². The van der Waals surface area contributed by atoms with Crippen molar-refractivity contribution in [3.8, 4) is 11.5 Å². The molecular weight excluding hydrogens is 738 g/mol. The van der Waals surface area contributed by atoms with E-state index in [4.69, 9.17) is 16.3 Å². The lowest BCUT2D eigenvalue weighted by atomic mass is 9.51. The molecule has 3 fully saturated rings. The number of phenolic OH excluding ortho intramolecular Hbond substituents is 1. The number of ether oxygens (including phenoxy) is 1. The number of carbonyl (C=O) groups is 4. The lowest BCUT2D eigenvalue weighted by Crippen LogP contribution is -2.48. The van der Waals surface area contributed by atoms with Gasteiger partial charge in [-0.25, -0.2) is 9.29 Å². The molecule has 11 heteroatoms. The van der Waals surface area contributed by atoms with Crippen LogP contribution in [-0.4, -0.2) is 35.8 Å². The summed E-state index contributed by atoms with van der Waals surface area (Å²) in [6.45, 7) is 5.51. The van der Waals surface area contributed by atoms with Crippen LogP contribution in [0, 0.1) is 38.5 Å². The normalized spacial score (nSPS) is 28.2. The fourth-order valence-electron chi connectivity index (χ4n) is 8.20. The van der Waals surface area contributed by atoms with Gasteiger partial charge in [0.2, 0.25) is 23.6 Å². The summed E-state index contributed by atoms with van der Waals surface area (Å²) in [5.74, 6) is -5.67. The Morgan fingerprint density at radius 2 is 1.70 bits per heavy atom. The van der Waals surface area contributed by atoms with Crippen molar-refractivity contribution in [3.63, 3.8) is 0 Å². The van der Waals surface area contributed by atoms with Crippen molar-refractivity contribution in [2.75, 3.05) is 16.9 Å². The molecule has 4 amide bonds. The van der Waals surface area contributed by atoms with E-state index in [1.54, 1.807) is 49.4 Å². The number of hydrogen-bond acceptors (Lipinski definition) is 6. The topological polar surface area (TPSA) is 104 Å². The zero-order valence-electron chi connectivity index (χ0n) is 25.4. The molecule has 0 bridgehead atoms. The highest BCUT2D eigenvalue weighted by molar-refractivity contribution is 14.1. The molecule has 1 saturated carbocycles. The molecule has 3 aromatic rings. The molecule has 2 saturated heterocycles. The van der Waals surface area contributed by atoms with Gasteiger partial charge < -0.3 is 9.84 Å². The molecule has 0 aromatic heterocycles. The number of carbonyl (C=O) groups excluding carboxylic acids is 4. The first-order valence-corrected chi connectivity index (χ1v) is 16.6. The summed E-state index contributed by atoms with van der Waals surface area (Å²) in [4.78, 5) is 59.3. The first kappa shape index (κ1) is 31.6. The smallest absolute Gasteiger partial charge is 0.241 e. The number of anilines is 2. The molecule has 6 unspecified atom stereocenters. The Morgan fingerprint density at radius 3 is 2.36 bits per heavy atom. The first-order valence-electron chi connectivity index (χ1n) is 15.1. The zero-order chi connectivity index (χ0) is 33.5. The van der Waals surface area contributed by atoms with Crippen LogP contribution in [0.5, 0.6) is 11.5 Å². The van der Waals surface area contributed by atoms with Gasteiger partial charge in [0.1, 0.15) is 5.82 Å². The third kappa shape index (κ3) is 4.51. The third-order valence-electron chi connectivity index (χ3n) is 10.4. The van der Waals surface area contributed by atoms with Gasteiger partial charge in [-0.05, 0) is 102 Å². The molecule has 0 spiro atoms. The minimum Gasteiger partial charge on any atom is -0.504 e. The number of benzene rings is 3. The molecule has 2 aliphatic heterocycles. The van der Waals surface area contributed by atoms with E-state index < -0.39 is 52.6 Å². The highest BCUT2D eigenvalue weighted by atomic mass is 127. The van der Waals surface area contributed by atoms with Crippen molar-refractivity contribution in [2.45, 2.75) is 25.7 Å². The fraction of sp³-hybridized carbons (Fsp3) is 0.278. The second kappa shape index (κ2) is 11.3. The number of methoxy groups -OCH3 is 1. The molecule has 6 atom stereocenters. The van der Waals surface area contributed by atoms with Gasteiger partial charge in [-0.2, -0.15) is 0 Å². The average molecular weight is 767 g/mol. The molecular formula is C36H29ClFIN2O6. The largest absolute Gasteiger partial charge is 0.504 e. The summed E-state index contributed by atoms with van der Waals surface area (Å²) in [7, 11) is 1.43. The predicted molar refractivity (Wildman–Crippen MR) is 182 cm³/mol. The van der Waals surface area contributed by atoms with E-state index in [1.165, 1.54) is 24.1 Å². The van der Waals surface area contributed by atoms with Crippen molar-refractivity contribution < 1.29 is 33.4 Å². The Kier molecular flexibility index (Phi) is 7.59. The van der Waals surface area contributed by atoms with Crippen LogP contribution in [0.25, 0.3) is 6.08 Å². The second-order valence-electron chi connectivity index (χ2n) is 12.6. The van der Waals surface area contributed by atoms with Crippen molar-refractivity contribution in [2.24, 2.45) is 29.1 Å². The van der Waals surface area contributed by atoms with Crippen LogP contribution in [0.1, 0.15) is 36.8 Å². The van der Waals surface area contributed by atoms with Gasteiger partial charge in [-0.15, -0.1) is 0 Å². The van der Waals surface area contributed by atoms with Crippen molar-refractivity contribution in [3.05, 3.63) is 98.4 Å². The van der Waals surface area contributed by atoms with Crippen LogP contribution in [0.15, 0.2) is 72.8 Å². The maximum Gasteiger partial charge on any atom is 0.241 e. The molecule has 2 aliphatic carbocycles. The monoisotopic (exact) mass is 766 g/mol. The molecule has 0 radical (unpaired) electrons. The molecule has 1 N–H and O–H groups in total. The van der Waals surface area contributed by atoms with Gasteiger partial charge >= 0.3 is 0 Å². The number of phenols is 1. The van der Waals surface area contributed by atoms with Crippen LogP contribution < -0.4 is 14.5 Å². The summed E-state index contributed by atoms with van der Waals surface area (Å²) in [5, 5.41) is 10.5. The number of amides is 4. The summed E-state index contributed by atoms with van der Waals surface area (Å²) >= 11 is 8.07. The lowest BCUT2D eigenvalue weighted by molar-refractivity contribution is -0.131. The number of allylic oxidation sites excluding steroid dienone is 2. The Bertz CT molecular complexity index is 1950. The number of hydrogen-bond donors (Lipinski definition) is 1. The van der Waals surface area contributed by atoms with Gasteiger partial charge in [0.05, 0.1) is 50.2 Å². The van der Waals surface area contributed by atoms with E-state index in [1.807, 2.05) is 28.7 Å². The van der Waals surface area contributed by atoms with Crippen LogP contribution >= 0.6 is 34.2 Å². The first-order chi connectivity index (χ1) is 22.4. The van der Waals surface area contributed by atoms with E-state index in [-0.39, 0.29) is 46.9 Å². The third-order valence-corrected chi connectivity index (χ3v) is 11.5. The standard InChI is InChI=1S/C36H29ClFIN2O6/c1-4-17-5-7-19(8-6-17)40-32(43)22-11-10-21-23(29(22)34(40)45)16-24-33(44)41(20-9-12-26(38)25(37)15-20)35(46)36(24,2)30(21)18-13-27(39)31(42)28(14-18)47-3/h4-10,12-15,22-24,29-30,42H,1,11,16H2,2-3H3. The molecule has 240 valence electrons. The Labute approximate surface area is 289 Å². The Balaban J connectivity index is 1.38. The van der Waals surface area contributed by atoms with E-state index in [0.29, 0.717) is 14.8 Å². The maximum absolute atomic E-state index is 14.6. The van der Waals surface area contributed by atoms with Crippen LogP contribution in [0.3, 0.4) is 0 Å². The Morgan fingerprint density at radius 1 is 1.00 bits per heavy atom.